The number of nitrogens with zero attached hydrogens (tertiary/aromatic N) is 1. The van der Waals surface area contributed by atoms with E-state index in [9.17, 15) is 14.4 Å². The first kappa shape index (κ1) is 23.8. The van der Waals surface area contributed by atoms with Crippen LogP contribution in [0.3, 0.4) is 0 Å². The predicted molar refractivity (Wildman–Crippen MR) is 119 cm³/mol. The summed E-state index contributed by atoms with van der Waals surface area (Å²) in [7, 11) is 1.61. The van der Waals surface area contributed by atoms with Gasteiger partial charge in [-0.3, -0.25) is 14.4 Å². The third kappa shape index (κ3) is 5.13. The van der Waals surface area contributed by atoms with Crippen molar-refractivity contribution in [2.45, 2.75) is 76.8 Å². The third-order valence-corrected chi connectivity index (χ3v) is 7.41. The fourth-order valence-electron chi connectivity index (χ4n) is 5.76. The topological polar surface area (TPSA) is 98.7 Å². The van der Waals surface area contributed by atoms with Gasteiger partial charge in [0.1, 0.15) is 6.04 Å². The molecule has 1 heterocycles. The number of hydrogen-bond acceptors (Lipinski definition) is 4. The molecule has 0 radical (unpaired) electrons. The number of fused-ring (bicyclic) bond motifs is 1. The number of hydrogen-bond donors (Lipinski definition) is 3. The molecule has 0 aromatic heterocycles. The minimum Gasteiger partial charge on any atom is -0.396 e. The summed E-state index contributed by atoms with van der Waals surface area (Å²) in [5.41, 5.74) is 0. The fraction of sp³-hybridized carbons (Fsp3) is 0.792. The van der Waals surface area contributed by atoms with E-state index < -0.39 is 17.9 Å². The summed E-state index contributed by atoms with van der Waals surface area (Å²) >= 11 is 0. The Hall–Kier alpha value is -1.89. The number of allylic oxidation sites excluding steroid dienone is 1. The predicted octanol–water partition coefficient (Wildman–Crippen LogP) is 2.00. The maximum absolute atomic E-state index is 13.6. The van der Waals surface area contributed by atoms with E-state index in [0.29, 0.717) is 13.0 Å². The second-order valence-electron chi connectivity index (χ2n) is 9.30. The molecule has 31 heavy (non-hydrogen) atoms. The molecule has 1 saturated heterocycles. The lowest BCUT2D eigenvalue weighted by atomic mass is 9.68. The molecule has 5 atom stereocenters. The average molecular weight is 434 g/mol. The highest BCUT2D eigenvalue weighted by molar-refractivity contribution is 5.96. The van der Waals surface area contributed by atoms with E-state index in [1.54, 1.807) is 11.9 Å². The highest BCUT2D eigenvalue weighted by Crippen LogP contribution is 2.45. The lowest BCUT2D eigenvalue weighted by Gasteiger charge is -2.34. The van der Waals surface area contributed by atoms with E-state index in [1.165, 1.54) is 6.42 Å². The number of amides is 3. The molecule has 174 valence electrons. The van der Waals surface area contributed by atoms with Crippen LogP contribution in [0.25, 0.3) is 0 Å². The molecule has 3 N–H and O–H groups in total. The number of unbranched alkanes of at least 4 members (excludes halogenated alkanes) is 2. The molecule has 2 fully saturated rings. The van der Waals surface area contributed by atoms with Crippen LogP contribution < -0.4 is 10.6 Å². The van der Waals surface area contributed by atoms with Crippen LogP contribution in [0.2, 0.25) is 0 Å². The molecule has 0 aromatic rings. The molecule has 7 nitrogen and oxygen atoms in total. The summed E-state index contributed by atoms with van der Waals surface area (Å²) in [5.74, 6) is -1.48. The summed E-state index contributed by atoms with van der Waals surface area (Å²) < 4.78 is 0. The molecule has 7 heteroatoms. The highest BCUT2D eigenvalue weighted by Gasteiger charge is 2.56. The van der Waals surface area contributed by atoms with Crippen molar-refractivity contribution in [2.75, 3.05) is 20.2 Å². The van der Waals surface area contributed by atoms with Crippen molar-refractivity contribution in [2.24, 2.45) is 23.7 Å². The molecule has 3 amide bonds. The van der Waals surface area contributed by atoms with Gasteiger partial charge in [-0.1, -0.05) is 38.3 Å². The quantitative estimate of drug-likeness (QED) is 0.383. The van der Waals surface area contributed by atoms with Crippen LogP contribution >= 0.6 is 0 Å². The Labute approximate surface area is 186 Å². The van der Waals surface area contributed by atoms with Crippen LogP contribution in [0.5, 0.6) is 0 Å². The first-order valence-corrected chi connectivity index (χ1v) is 12.1. The van der Waals surface area contributed by atoms with Crippen LogP contribution in [0.4, 0.5) is 0 Å². The van der Waals surface area contributed by atoms with Gasteiger partial charge in [0.05, 0.1) is 11.8 Å². The average Bonchev–Trinajstić information content (AvgIpc) is 3.07. The molecule has 3 aliphatic rings. The maximum Gasteiger partial charge on any atom is 0.243 e. The number of carbonyl (C=O) groups excluding carboxylic acids is 3. The molecular weight excluding hydrogens is 394 g/mol. The van der Waals surface area contributed by atoms with Crippen molar-refractivity contribution in [3.05, 3.63) is 12.2 Å². The number of likely N-dealkylation sites (tertiary alicyclic amines) is 1. The summed E-state index contributed by atoms with van der Waals surface area (Å²) in [6.07, 6.45) is 12.5. The molecule has 0 spiro atoms. The molecular formula is C24H39N3O4. The number of aliphatic hydroxyl groups is 1. The van der Waals surface area contributed by atoms with Gasteiger partial charge >= 0.3 is 0 Å². The summed E-state index contributed by atoms with van der Waals surface area (Å²) in [6, 6.07) is -0.382. The summed E-state index contributed by atoms with van der Waals surface area (Å²) in [5, 5.41) is 15.0. The first-order valence-electron chi connectivity index (χ1n) is 12.1. The largest absolute Gasteiger partial charge is 0.396 e. The van der Waals surface area contributed by atoms with Gasteiger partial charge in [0.25, 0.3) is 0 Å². The standard InChI is InChI=1S/C24H39N3O4/c1-3-16-12-13-18-20(19(16)22(29)25-2)24(31)27(14-8-5-9-15-28)21(18)23(30)26-17-10-6-4-7-11-17/h12-13,16-21,28H,3-11,14-15H2,1-2H3,(H,25,29)(H,26,30)/t16-,18+,19-,20+,21+/m1/s1. The van der Waals surface area contributed by atoms with Crippen LogP contribution in [-0.4, -0.2) is 60.0 Å². The second kappa shape index (κ2) is 11.1. The highest BCUT2D eigenvalue weighted by atomic mass is 16.3. The monoisotopic (exact) mass is 433 g/mol. The number of aliphatic hydroxyl groups excluding tert-OH is 1. The van der Waals surface area contributed by atoms with E-state index in [1.807, 2.05) is 19.1 Å². The van der Waals surface area contributed by atoms with Gasteiger partial charge in [0.2, 0.25) is 17.7 Å². The zero-order chi connectivity index (χ0) is 22.4. The number of carbonyl (C=O) groups is 3. The smallest absolute Gasteiger partial charge is 0.243 e. The molecule has 2 aliphatic carbocycles. The van der Waals surface area contributed by atoms with Crippen molar-refractivity contribution in [1.82, 2.24) is 15.5 Å². The Balaban J connectivity index is 1.85. The van der Waals surface area contributed by atoms with Gasteiger partial charge in [-0.25, -0.2) is 0 Å². The second-order valence-corrected chi connectivity index (χ2v) is 9.30. The number of nitrogens with one attached hydrogen (secondary N) is 2. The van der Waals surface area contributed by atoms with E-state index in [2.05, 4.69) is 10.6 Å². The first-order chi connectivity index (χ1) is 15.0. The maximum atomic E-state index is 13.6. The normalized spacial score (nSPS) is 30.9. The number of rotatable bonds is 9. The molecule has 1 saturated carbocycles. The minimum absolute atomic E-state index is 0.00143. The zero-order valence-electron chi connectivity index (χ0n) is 19.0. The van der Waals surface area contributed by atoms with Crippen LogP contribution in [-0.2, 0) is 14.4 Å². The summed E-state index contributed by atoms with van der Waals surface area (Å²) in [4.78, 5) is 41.5. The Morgan fingerprint density at radius 2 is 1.84 bits per heavy atom. The van der Waals surface area contributed by atoms with Gasteiger partial charge in [-0.05, 0) is 44.4 Å². The molecule has 3 rings (SSSR count). The Morgan fingerprint density at radius 3 is 2.48 bits per heavy atom. The minimum atomic E-state index is -0.560. The van der Waals surface area contributed by atoms with Gasteiger partial charge in [-0.2, -0.15) is 0 Å². The molecule has 0 bridgehead atoms. The Morgan fingerprint density at radius 1 is 1.10 bits per heavy atom. The van der Waals surface area contributed by atoms with Crippen molar-refractivity contribution in [3.63, 3.8) is 0 Å². The molecule has 0 unspecified atom stereocenters. The van der Waals surface area contributed by atoms with Crippen molar-refractivity contribution < 1.29 is 19.5 Å². The lowest BCUT2D eigenvalue weighted by molar-refractivity contribution is -0.141. The molecule has 0 aromatic carbocycles. The zero-order valence-corrected chi connectivity index (χ0v) is 19.0. The van der Waals surface area contributed by atoms with Crippen molar-refractivity contribution in [3.8, 4) is 0 Å². The lowest BCUT2D eigenvalue weighted by Crippen LogP contribution is -2.50. The van der Waals surface area contributed by atoms with Gasteiger partial charge in [0, 0.05) is 32.2 Å². The fourth-order valence-corrected chi connectivity index (χ4v) is 5.76. The van der Waals surface area contributed by atoms with Crippen molar-refractivity contribution >= 4 is 17.7 Å². The van der Waals surface area contributed by atoms with Crippen LogP contribution in [0.15, 0.2) is 12.2 Å². The van der Waals surface area contributed by atoms with Crippen molar-refractivity contribution in [1.29, 1.82) is 0 Å². The third-order valence-electron chi connectivity index (χ3n) is 7.41. The Bertz CT molecular complexity index is 674. The van der Waals surface area contributed by atoms with Gasteiger partial charge < -0.3 is 20.6 Å². The van der Waals surface area contributed by atoms with Gasteiger partial charge in [-0.15, -0.1) is 0 Å². The van der Waals surface area contributed by atoms with Crippen LogP contribution in [0.1, 0.15) is 64.7 Å². The van der Waals surface area contributed by atoms with E-state index in [4.69, 9.17) is 5.11 Å². The van der Waals surface area contributed by atoms with E-state index >= 15 is 0 Å². The van der Waals surface area contributed by atoms with Crippen LogP contribution in [0, 0.1) is 23.7 Å². The van der Waals surface area contributed by atoms with E-state index in [-0.39, 0.29) is 42.2 Å². The Kier molecular flexibility index (Phi) is 8.52. The van der Waals surface area contributed by atoms with E-state index in [0.717, 1.165) is 44.9 Å². The van der Waals surface area contributed by atoms with Gasteiger partial charge in [0.15, 0.2) is 0 Å². The molecule has 1 aliphatic heterocycles. The summed E-state index contributed by atoms with van der Waals surface area (Å²) in [6.45, 7) is 2.65. The SMILES string of the molecule is CC[C@@H]1C=C[C@H]2[C@H](C(=O)N(CCCCCO)[C@@H]2C(=O)NC2CCCCC2)[C@@H]1C(=O)NC.